The zero-order valence-electron chi connectivity index (χ0n) is 52.2. The van der Waals surface area contributed by atoms with Gasteiger partial charge in [0.1, 0.15) is 46.4 Å². The first-order valence-corrected chi connectivity index (χ1v) is 30.0. The van der Waals surface area contributed by atoms with Gasteiger partial charge in [0.05, 0.1) is 22.0 Å². The van der Waals surface area contributed by atoms with Crippen LogP contribution in [0.3, 0.4) is 0 Å². The summed E-state index contributed by atoms with van der Waals surface area (Å²) in [4.78, 5) is 76.9. The molecule has 498 valence electrons. The van der Waals surface area contributed by atoms with Gasteiger partial charge in [-0.15, -0.1) is 0 Å². The van der Waals surface area contributed by atoms with Gasteiger partial charge >= 0.3 is 23.4 Å². The number of fused-ring (bicyclic) bond motifs is 2. The zero-order chi connectivity index (χ0) is 66.9. The topological polar surface area (TPSA) is 424 Å². The number of benzene rings is 4. The number of hydrogen-bond acceptors (Lipinski definition) is 24. The lowest BCUT2D eigenvalue weighted by Crippen LogP contribution is -2.65. The zero-order valence-corrected chi connectivity index (χ0v) is 52.2. The third kappa shape index (κ3) is 15.8. The van der Waals surface area contributed by atoms with Gasteiger partial charge in [-0.05, 0) is 165 Å². The Bertz CT molecular complexity index is 3550. The number of rotatable bonds is 27. The molecular formula is C64H80N6O22. The number of aromatic hydroxyl groups is 4. The minimum atomic E-state index is -1.56. The second-order valence-electron chi connectivity index (χ2n) is 23.6. The van der Waals surface area contributed by atoms with E-state index in [2.05, 4.69) is 21.3 Å². The second kappa shape index (κ2) is 29.7. The molecule has 4 heterocycles. The maximum absolute atomic E-state index is 13.5. The van der Waals surface area contributed by atoms with Crippen LogP contribution in [0.25, 0.3) is 21.9 Å². The van der Waals surface area contributed by atoms with Crippen LogP contribution in [-0.4, -0.2) is 155 Å². The highest BCUT2D eigenvalue weighted by Crippen LogP contribution is 2.41. The van der Waals surface area contributed by atoms with Crippen LogP contribution in [0.2, 0.25) is 0 Å². The molecule has 28 nitrogen and oxygen atoms in total. The summed E-state index contributed by atoms with van der Waals surface area (Å²) in [6.07, 6.45) is -5.90. The van der Waals surface area contributed by atoms with E-state index in [1.165, 1.54) is 74.9 Å². The first-order chi connectivity index (χ1) is 43.7. The molecule has 2 aliphatic rings. The van der Waals surface area contributed by atoms with Crippen LogP contribution in [-0.2, 0) is 41.3 Å². The maximum atomic E-state index is 13.5. The van der Waals surface area contributed by atoms with E-state index in [1.807, 2.05) is 0 Å². The molecule has 92 heavy (non-hydrogen) atoms. The first-order valence-electron chi connectivity index (χ1n) is 30.0. The highest BCUT2D eigenvalue weighted by Gasteiger charge is 2.54. The molecule has 14 N–H and O–H groups in total. The Balaban J connectivity index is 0.728. The lowest BCUT2D eigenvalue weighted by molar-refractivity contribution is -0.304. The molecule has 2 aliphatic heterocycles. The predicted molar refractivity (Wildman–Crippen MR) is 332 cm³/mol. The number of unbranched alkanes of at least 4 members (excludes halogenated alkanes) is 5. The molecule has 0 unspecified atom stereocenters. The molecule has 0 aliphatic carbocycles. The maximum Gasteiger partial charge on any atom is 0.404 e. The molecule has 28 heteroatoms. The fourth-order valence-corrected chi connectivity index (χ4v) is 11.5. The lowest BCUT2D eigenvalue weighted by Gasteiger charge is -2.47. The number of anilines is 2. The molecule has 4 aromatic carbocycles. The molecule has 0 radical (unpaired) electrons. The monoisotopic (exact) mass is 1280 g/mol. The summed E-state index contributed by atoms with van der Waals surface area (Å²) in [5, 5.41) is 77.7. The SMILES string of the molecule is CO[C@@H]1[C@@H](OC(N)=O)[C@@H](O)[C@H](Oc2ccc3c(O)c(NC(=O)c4ccc(O)c(CCNCCCCCCCCNCCc5cc(C(=O)Nc6c(O)c7ccc(O[C@@H]8OC(C)(C)[C@H](OC)[C@@H](OC(N)=O)[C@H]8O)c(C)c7oc6=O)ccc5O)c4)c(=O)oc3c2C)OC1(C)C. The number of nitrogens with two attached hydrogens (primary N) is 2. The Labute approximate surface area is 527 Å². The van der Waals surface area contributed by atoms with Gasteiger partial charge in [0.2, 0.25) is 12.6 Å². The number of hydrogen-bond donors (Lipinski definition) is 12. The smallest absolute Gasteiger partial charge is 0.404 e. The van der Waals surface area contributed by atoms with Crippen LogP contribution < -0.4 is 53.5 Å². The van der Waals surface area contributed by atoms with Crippen molar-refractivity contribution in [2.45, 2.75) is 153 Å². The summed E-state index contributed by atoms with van der Waals surface area (Å²) < 4.78 is 56.3. The molecule has 0 bridgehead atoms. The molecule has 0 saturated carbocycles. The number of aliphatic hydroxyl groups is 2. The normalized spacial score (nSPS) is 20.9. The molecule has 2 aromatic heterocycles. The van der Waals surface area contributed by atoms with Crippen molar-refractivity contribution < 1.29 is 96.5 Å². The Morgan fingerprint density at radius 3 is 1.27 bits per heavy atom. The van der Waals surface area contributed by atoms with Crippen molar-refractivity contribution in [2.75, 3.05) is 51.0 Å². The number of aryl methyl sites for hydroxylation is 2. The highest BCUT2D eigenvalue weighted by atomic mass is 16.7. The van der Waals surface area contributed by atoms with Crippen LogP contribution in [0, 0.1) is 13.8 Å². The summed E-state index contributed by atoms with van der Waals surface area (Å²) in [6.45, 7) is 12.1. The Kier molecular flexibility index (Phi) is 22.3. The van der Waals surface area contributed by atoms with E-state index in [0.717, 1.165) is 51.6 Å². The molecule has 2 saturated heterocycles. The van der Waals surface area contributed by atoms with Gasteiger partial charge in [0, 0.05) is 36.5 Å². The standard InChI is InChI=1S/C64H80N6O22/c1-31-41(85-59-47(75)51(89-61(65)81)53(83-7)63(3,4)91-59)21-17-37-45(73)43(57(79)87-49(31)37)69-55(77)35-15-19-39(71)33(29-35)23-27-67-25-13-11-9-10-12-14-26-68-28-24-34-30-36(16-20-40(34)72)56(78)70-44-46(74)38-18-22-42(32(2)50(38)88-58(44)80)86-60-48(76)52(90-62(66)82)54(84-8)64(5,6)92-60/h15-22,29-30,47-48,51-54,59-60,67-68,71-76H,9-14,23-28H2,1-8H3,(H2,65,81)(H2,66,82)(H,69,77)(H,70,78)/t47-,48-,51+,52+,53-,54-,59-,60-/m1/s1. The van der Waals surface area contributed by atoms with Crippen LogP contribution in [0.5, 0.6) is 34.5 Å². The Morgan fingerprint density at radius 2 is 0.913 bits per heavy atom. The Hall–Kier alpha value is -8.74. The van der Waals surface area contributed by atoms with Gasteiger partial charge in [-0.1, -0.05) is 25.7 Å². The average Bonchev–Trinajstić information content (AvgIpc) is 0.789. The van der Waals surface area contributed by atoms with Gasteiger partial charge in [-0.2, -0.15) is 0 Å². The predicted octanol–water partition coefficient (Wildman–Crippen LogP) is 5.86. The number of phenolic OH excluding ortho intramolecular Hbond substituents is 2. The highest BCUT2D eigenvalue weighted by molar-refractivity contribution is 6.08. The van der Waals surface area contributed by atoms with Gasteiger partial charge in [0.25, 0.3) is 11.8 Å². The third-order valence-electron chi connectivity index (χ3n) is 16.3. The van der Waals surface area contributed by atoms with E-state index < -0.39 is 119 Å². The molecule has 4 amide bonds. The van der Waals surface area contributed by atoms with E-state index in [-0.39, 0.29) is 67.2 Å². The fraction of sp³-hybridized carbons (Fsp3) is 0.469. The number of carbonyl (C=O) groups is 4. The van der Waals surface area contributed by atoms with Crippen LogP contribution in [0.1, 0.15) is 109 Å². The second-order valence-corrected chi connectivity index (χ2v) is 23.6. The summed E-state index contributed by atoms with van der Waals surface area (Å²) in [5.41, 5.74) is 6.61. The number of primary amides is 2. The average molecular weight is 1290 g/mol. The summed E-state index contributed by atoms with van der Waals surface area (Å²) in [6, 6.07) is 14.2. The van der Waals surface area contributed by atoms with E-state index in [9.17, 15) is 59.4 Å². The van der Waals surface area contributed by atoms with E-state index >= 15 is 0 Å². The van der Waals surface area contributed by atoms with Crippen LogP contribution in [0.4, 0.5) is 21.0 Å². The van der Waals surface area contributed by atoms with E-state index in [0.29, 0.717) is 37.1 Å². The number of nitrogens with one attached hydrogen (secondary N) is 4. The summed E-state index contributed by atoms with van der Waals surface area (Å²) in [7, 11) is 2.72. The molecular weight excluding hydrogens is 1200 g/mol. The van der Waals surface area contributed by atoms with Crippen molar-refractivity contribution in [1.82, 2.24) is 10.6 Å². The van der Waals surface area contributed by atoms with Crippen LogP contribution >= 0.6 is 0 Å². The number of carbonyl (C=O) groups excluding carboxylic acids is 4. The van der Waals surface area contributed by atoms with Crippen molar-refractivity contribution in [2.24, 2.45) is 11.5 Å². The van der Waals surface area contributed by atoms with Gasteiger partial charge in [-0.3, -0.25) is 9.59 Å². The van der Waals surface area contributed by atoms with Crippen LogP contribution in [0.15, 0.2) is 79.1 Å². The lowest BCUT2D eigenvalue weighted by atomic mass is 9.89. The molecule has 8 atom stereocenters. The minimum Gasteiger partial charge on any atom is -0.508 e. The largest absolute Gasteiger partial charge is 0.508 e. The van der Waals surface area contributed by atoms with Gasteiger partial charge < -0.3 is 110 Å². The number of methoxy groups -OCH3 is 2. The number of phenols is 2. The van der Waals surface area contributed by atoms with Crippen molar-refractivity contribution in [1.29, 1.82) is 0 Å². The number of amides is 4. The molecule has 2 fully saturated rings. The Morgan fingerprint density at radius 1 is 0.543 bits per heavy atom. The summed E-state index contributed by atoms with van der Waals surface area (Å²) >= 11 is 0. The van der Waals surface area contributed by atoms with Crippen molar-refractivity contribution >= 4 is 57.3 Å². The third-order valence-corrected chi connectivity index (χ3v) is 16.3. The summed E-state index contributed by atoms with van der Waals surface area (Å²) in [5.74, 6) is -2.47. The van der Waals surface area contributed by atoms with Crippen molar-refractivity contribution in [3.05, 3.63) is 115 Å². The van der Waals surface area contributed by atoms with E-state index in [1.54, 1.807) is 41.5 Å². The molecule has 8 rings (SSSR count). The molecule has 6 aromatic rings. The number of aliphatic hydroxyl groups excluding tert-OH is 2. The quantitative estimate of drug-likeness (QED) is 0.0212. The van der Waals surface area contributed by atoms with E-state index in [4.69, 9.17) is 58.2 Å². The van der Waals surface area contributed by atoms with Gasteiger partial charge in [-0.25, -0.2) is 19.2 Å². The first kappa shape index (κ1) is 69.2. The number of ether oxygens (including phenoxy) is 8. The van der Waals surface area contributed by atoms with Crippen molar-refractivity contribution in [3.63, 3.8) is 0 Å². The van der Waals surface area contributed by atoms with Gasteiger partial charge in [0.15, 0.2) is 47.3 Å². The van der Waals surface area contributed by atoms with Crippen molar-refractivity contribution in [3.8, 4) is 34.5 Å². The minimum absolute atomic E-state index is 0.0185. The molecule has 0 spiro atoms. The fourth-order valence-electron chi connectivity index (χ4n) is 11.5.